The number of ether oxygens (including phenoxy) is 3. The van der Waals surface area contributed by atoms with E-state index in [9.17, 15) is 0 Å². The Morgan fingerprint density at radius 2 is 2.06 bits per heavy atom. The molecule has 2 atom stereocenters. The van der Waals surface area contributed by atoms with Gasteiger partial charge in [0.1, 0.15) is 23.4 Å². The standard InChI is InChI=1S/C27H37NO4/c1-7-8-12-30-17-26(2,3)19-15-22(29-6)24-20-14-18(25-28-11-13-31-25)9-10-21(20)27(4,5)32-23(24)16-19/h9,11,13,15-16,20-21H,7-8,10,12,14,17H2,1-6H3/t20-,21-/m1/s1. The molecule has 2 aromatic rings. The van der Waals surface area contributed by atoms with Crippen molar-refractivity contribution in [2.24, 2.45) is 5.92 Å². The van der Waals surface area contributed by atoms with Crippen LogP contribution in [0, 0.1) is 5.92 Å². The van der Waals surface area contributed by atoms with Gasteiger partial charge in [0, 0.05) is 35.0 Å². The van der Waals surface area contributed by atoms with Gasteiger partial charge in [0.25, 0.3) is 0 Å². The van der Waals surface area contributed by atoms with E-state index >= 15 is 0 Å². The van der Waals surface area contributed by atoms with Crippen LogP contribution in [0.15, 0.2) is 35.1 Å². The van der Waals surface area contributed by atoms with Crippen LogP contribution in [-0.2, 0) is 10.2 Å². The number of oxazole rings is 1. The van der Waals surface area contributed by atoms with Gasteiger partial charge in [-0.2, -0.15) is 0 Å². The van der Waals surface area contributed by atoms with Crippen LogP contribution in [0.4, 0.5) is 0 Å². The first-order valence-corrected chi connectivity index (χ1v) is 11.8. The van der Waals surface area contributed by atoms with Crippen LogP contribution in [0.25, 0.3) is 5.57 Å². The third-order valence-electron chi connectivity index (χ3n) is 7.10. The highest BCUT2D eigenvalue weighted by atomic mass is 16.5. The first-order valence-electron chi connectivity index (χ1n) is 11.8. The summed E-state index contributed by atoms with van der Waals surface area (Å²) in [6, 6.07) is 4.39. The zero-order valence-corrected chi connectivity index (χ0v) is 20.4. The second-order valence-corrected chi connectivity index (χ2v) is 10.3. The third-order valence-corrected chi connectivity index (χ3v) is 7.10. The molecule has 4 rings (SSSR count). The van der Waals surface area contributed by atoms with E-state index in [0.29, 0.717) is 12.5 Å². The van der Waals surface area contributed by atoms with Crippen molar-refractivity contribution in [1.29, 1.82) is 0 Å². The second-order valence-electron chi connectivity index (χ2n) is 10.3. The van der Waals surface area contributed by atoms with E-state index in [-0.39, 0.29) is 16.9 Å². The van der Waals surface area contributed by atoms with Crippen molar-refractivity contribution < 1.29 is 18.6 Å². The van der Waals surface area contributed by atoms with Crippen molar-refractivity contribution in [2.75, 3.05) is 20.3 Å². The molecule has 1 aliphatic heterocycles. The van der Waals surface area contributed by atoms with Crippen LogP contribution < -0.4 is 9.47 Å². The van der Waals surface area contributed by atoms with Crippen molar-refractivity contribution >= 4 is 5.57 Å². The van der Waals surface area contributed by atoms with Gasteiger partial charge in [-0.15, -0.1) is 0 Å². The summed E-state index contributed by atoms with van der Waals surface area (Å²) in [5.74, 6) is 3.20. The molecule has 2 aliphatic rings. The molecule has 2 heterocycles. The molecule has 0 spiro atoms. The van der Waals surface area contributed by atoms with Crippen LogP contribution in [-0.4, -0.2) is 30.9 Å². The molecule has 0 saturated carbocycles. The highest BCUT2D eigenvalue weighted by Gasteiger charge is 2.47. The fourth-order valence-corrected chi connectivity index (χ4v) is 5.15. The van der Waals surface area contributed by atoms with Gasteiger partial charge in [0.2, 0.25) is 5.89 Å². The van der Waals surface area contributed by atoms with Gasteiger partial charge in [-0.25, -0.2) is 4.98 Å². The number of aromatic nitrogens is 1. The monoisotopic (exact) mass is 439 g/mol. The van der Waals surface area contributed by atoms with Crippen LogP contribution >= 0.6 is 0 Å². The summed E-state index contributed by atoms with van der Waals surface area (Å²) in [6.07, 6.45) is 9.64. The Labute approximate surface area is 192 Å². The Morgan fingerprint density at radius 3 is 2.75 bits per heavy atom. The molecule has 0 fully saturated rings. The summed E-state index contributed by atoms with van der Waals surface area (Å²) < 4.78 is 24.2. The summed E-state index contributed by atoms with van der Waals surface area (Å²) in [6.45, 7) is 12.5. The summed E-state index contributed by atoms with van der Waals surface area (Å²) in [5.41, 5.74) is 3.09. The number of hydrogen-bond acceptors (Lipinski definition) is 5. The quantitative estimate of drug-likeness (QED) is 0.438. The lowest BCUT2D eigenvalue weighted by Crippen LogP contribution is -2.45. The van der Waals surface area contributed by atoms with Crippen molar-refractivity contribution in [3.8, 4) is 11.5 Å². The molecule has 0 radical (unpaired) electrons. The predicted octanol–water partition coefficient (Wildman–Crippen LogP) is 6.53. The van der Waals surface area contributed by atoms with Gasteiger partial charge >= 0.3 is 0 Å². The highest BCUT2D eigenvalue weighted by Crippen LogP contribution is 2.56. The average molecular weight is 440 g/mol. The Balaban J connectivity index is 1.70. The van der Waals surface area contributed by atoms with Gasteiger partial charge in [-0.05, 0) is 50.8 Å². The Bertz CT molecular complexity index is 958. The maximum absolute atomic E-state index is 6.65. The molecule has 0 bridgehead atoms. The number of allylic oxidation sites excluding steroid dienone is 2. The molecule has 174 valence electrons. The fraction of sp³-hybridized carbons (Fsp3) is 0.593. The largest absolute Gasteiger partial charge is 0.496 e. The van der Waals surface area contributed by atoms with E-state index < -0.39 is 0 Å². The zero-order valence-electron chi connectivity index (χ0n) is 20.4. The third kappa shape index (κ3) is 4.32. The van der Waals surface area contributed by atoms with Crippen molar-refractivity contribution in [3.63, 3.8) is 0 Å². The molecule has 1 aromatic heterocycles. The summed E-state index contributed by atoms with van der Waals surface area (Å²) in [5, 5.41) is 0. The number of unbranched alkanes of at least 4 members (excludes halogenated alkanes) is 1. The van der Waals surface area contributed by atoms with Gasteiger partial charge in [0.15, 0.2) is 0 Å². The van der Waals surface area contributed by atoms with E-state index in [1.165, 1.54) is 11.1 Å². The van der Waals surface area contributed by atoms with E-state index in [0.717, 1.165) is 55.3 Å². The number of benzene rings is 1. The van der Waals surface area contributed by atoms with E-state index in [2.05, 4.69) is 57.8 Å². The van der Waals surface area contributed by atoms with Crippen molar-refractivity contribution in [1.82, 2.24) is 4.98 Å². The van der Waals surface area contributed by atoms with E-state index in [1.807, 2.05) is 0 Å². The van der Waals surface area contributed by atoms with Gasteiger partial charge < -0.3 is 18.6 Å². The Hall–Kier alpha value is -2.27. The first kappa shape index (κ1) is 22.9. The first-order chi connectivity index (χ1) is 15.3. The lowest BCUT2D eigenvalue weighted by molar-refractivity contribution is 0.00879. The number of methoxy groups -OCH3 is 1. The highest BCUT2D eigenvalue weighted by molar-refractivity contribution is 5.64. The molecule has 1 aromatic carbocycles. The Morgan fingerprint density at radius 1 is 1.25 bits per heavy atom. The van der Waals surface area contributed by atoms with Gasteiger partial charge in [-0.1, -0.05) is 33.3 Å². The van der Waals surface area contributed by atoms with Crippen LogP contribution in [0.1, 0.15) is 83.2 Å². The van der Waals surface area contributed by atoms with Crippen molar-refractivity contribution in [2.45, 2.75) is 77.2 Å². The summed E-state index contributed by atoms with van der Waals surface area (Å²) >= 11 is 0. The molecule has 5 nitrogen and oxygen atoms in total. The van der Waals surface area contributed by atoms with E-state index in [4.69, 9.17) is 18.6 Å². The van der Waals surface area contributed by atoms with Crippen LogP contribution in [0.5, 0.6) is 11.5 Å². The average Bonchev–Trinajstić information content (AvgIpc) is 3.30. The lowest BCUT2D eigenvalue weighted by atomic mass is 9.66. The molecule has 1 aliphatic carbocycles. The number of hydrogen-bond donors (Lipinski definition) is 0. The zero-order chi connectivity index (χ0) is 22.9. The SMILES string of the molecule is CCCCOCC(C)(C)c1cc(OC)c2c(c1)OC(C)(C)[C@@H]1CC=C(c3ncco3)C[C@@H]21. The predicted molar refractivity (Wildman–Crippen MR) is 126 cm³/mol. The Kier molecular flexibility index (Phi) is 6.39. The summed E-state index contributed by atoms with van der Waals surface area (Å²) in [4.78, 5) is 4.39. The second kappa shape index (κ2) is 8.93. The molecule has 0 N–H and O–H groups in total. The minimum absolute atomic E-state index is 0.143. The number of nitrogens with zero attached hydrogens (tertiary/aromatic N) is 1. The normalized spacial score (nSPS) is 21.9. The molecule has 0 saturated heterocycles. The van der Waals surface area contributed by atoms with Gasteiger partial charge in [0.05, 0.1) is 19.9 Å². The van der Waals surface area contributed by atoms with Gasteiger partial charge in [-0.3, -0.25) is 0 Å². The smallest absolute Gasteiger partial charge is 0.221 e. The maximum atomic E-state index is 6.65. The summed E-state index contributed by atoms with van der Waals surface area (Å²) in [7, 11) is 1.76. The minimum Gasteiger partial charge on any atom is -0.496 e. The maximum Gasteiger partial charge on any atom is 0.221 e. The topological polar surface area (TPSA) is 53.7 Å². The minimum atomic E-state index is -0.276. The molecular weight excluding hydrogens is 402 g/mol. The number of fused-ring (bicyclic) bond motifs is 3. The lowest BCUT2D eigenvalue weighted by Gasteiger charge is -2.47. The molecular formula is C27H37NO4. The molecule has 0 amide bonds. The van der Waals surface area contributed by atoms with Crippen molar-refractivity contribution in [3.05, 3.63) is 47.7 Å². The molecule has 5 heteroatoms. The fourth-order valence-electron chi connectivity index (χ4n) is 5.15. The van der Waals surface area contributed by atoms with E-state index in [1.54, 1.807) is 19.6 Å². The van der Waals surface area contributed by atoms with Crippen LogP contribution in [0.3, 0.4) is 0 Å². The van der Waals surface area contributed by atoms with Crippen LogP contribution in [0.2, 0.25) is 0 Å². The molecule has 0 unspecified atom stereocenters. The molecule has 32 heavy (non-hydrogen) atoms. The number of rotatable bonds is 8.